The van der Waals surface area contributed by atoms with Crippen molar-refractivity contribution >= 4 is 0 Å². The van der Waals surface area contributed by atoms with Crippen LogP contribution in [-0.4, -0.2) is 24.4 Å². The van der Waals surface area contributed by atoms with E-state index in [1.54, 1.807) is 6.07 Å². The maximum atomic E-state index is 13.0. The van der Waals surface area contributed by atoms with Crippen LogP contribution in [0, 0.1) is 11.7 Å². The maximum Gasteiger partial charge on any atom is 0.127 e. The lowest BCUT2D eigenvalue weighted by Crippen LogP contribution is -2.26. The highest BCUT2D eigenvalue weighted by Crippen LogP contribution is 2.19. The molecule has 0 spiro atoms. The summed E-state index contributed by atoms with van der Waals surface area (Å²) < 4.78 is 18.5. The second-order valence-electron chi connectivity index (χ2n) is 4.57. The van der Waals surface area contributed by atoms with Crippen LogP contribution in [0.1, 0.15) is 18.9 Å². The standard InChI is InChI=1S/C13H18FNO2/c1-9-11(2-3-17-9)8-15-7-10-4-12(14)6-13(16)5-10/h4-6,9,11,15-16H,2-3,7-8H2,1H3. The summed E-state index contributed by atoms with van der Waals surface area (Å²) in [6.45, 7) is 4.33. The van der Waals surface area contributed by atoms with Crippen molar-refractivity contribution in [2.45, 2.75) is 26.0 Å². The van der Waals surface area contributed by atoms with Crippen molar-refractivity contribution in [2.75, 3.05) is 13.2 Å². The fourth-order valence-corrected chi connectivity index (χ4v) is 2.18. The summed E-state index contributed by atoms with van der Waals surface area (Å²) in [5, 5.41) is 12.5. The Morgan fingerprint density at radius 1 is 1.47 bits per heavy atom. The smallest absolute Gasteiger partial charge is 0.127 e. The summed E-state index contributed by atoms with van der Waals surface area (Å²) in [5.41, 5.74) is 0.758. The molecule has 0 bridgehead atoms. The fraction of sp³-hybridized carbons (Fsp3) is 0.538. The Labute approximate surface area is 101 Å². The zero-order chi connectivity index (χ0) is 12.3. The van der Waals surface area contributed by atoms with Crippen molar-refractivity contribution in [3.8, 4) is 5.75 Å². The predicted molar refractivity (Wildman–Crippen MR) is 63.3 cm³/mol. The van der Waals surface area contributed by atoms with E-state index in [0.29, 0.717) is 18.6 Å². The van der Waals surface area contributed by atoms with Crippen LogP contribution in [0.3, 0.4) is 0 Å². The molecule has 1 aromatic rings. The molecule has 4 heteroatoms. The van der Waals surface area contributed by atoms with Gasteiger partial charge in [0.25, 0.3) is 0 Å². The van der Waals surface area contributed by atoms with Crippen LogP contribution in [0.15, 0.2) is 18.2 Å². The van der Waals surface area contributed by atoms with Crippen LogP contribution < -0.4 is 5.32 Å². The number of hydrogen-bond acceptors (Lipinski definition) is 3. The lowest BCUT2D eigenvalue weighted by molar-refractivity contribution is 0.105. The summed E-state index contributed by atoms with van der Waals surface area (Å²) >= 11 is 0. The third-order valence-electron chi connectivity index (χ3n) is 3.21. The molecule has 94 valence electrons. The van der Waals surface area contributed by atoms with E-state index in [2.05, 4.69) is 12.2 Å². The summed E-state index contributed by atoms with van der Waals surface area (Å²) in [7, 11) is 0. The van der Waals surface area contributed by atoms with Crippen molar-refractivity contribution in [2.24, 2.45) is 5.92 Å². The highest BCUT2D eigenvalue weighted by molar-refractivity contribution is 5.28. The Balaban J connectivity index is 1.81. The molecule has 1 aromatic carbocycles. The van der Waals surface area contributed by atoms with Crippen molar-refractivity contribution < 1.29 is 14.2 Å². The SMILES string of the molecule is CC1OCCC1CNCc1cc(O)cc(F)c1. The van der Waals surface area contributed by atoms with Crippen molar-refractivity contribution in [1.82, 2.24) is 5.32 Å². The average Bonchev–Trinajstić information content (AvgIpc) is 2.63. The highest BCUT2D eigenvalue weighted by Gasteiger charge is 2.23. The molecular weight excluding hydrogens is 221 g/mol. The first kappa shape index (κ1) is 12.3. The van der Waals surface area contributed by atoms with Gasteiger partial charge in [-0.2, -0.15) is 0 Å². The molecule has 2 unspecified atom stereocenters. The molecule has 2 atom stereocenters. The second kappa shape index (κ2) is 5.47. The second-order valence-corrected chi connectivity index (χ2v) is 4.57. The summed E-state index contributed by atoms with van der Waals surface area (Å²) in [6.07, 6.45) is 1.37. The molecule has 1 aliphatic rings. The lowest BCUT2D eigenvalue weighted by Gasteiger charge is -2.14. The van der Waals surface area contributed by atoms with Gasteiger partial charge in [-0.05, 0) is 37.0 Å². The van der Waals surface area contributed by atoms with Crippen LogP contribution in [0.4, 0.5) is 4.39 Å². The largest absolute Gasteiger partial charge is 0.508 e. The number of phenols is 1. The fourth-order valence-electron chi connectivity index (χ4n) is 2.18. The van der Waals surface area contributed by atoms with Gasteiger partial charge in [0.05, 0.1) is 6.10 Å². The summed E-state index contributed by atoms with van der Waals surface area (Å²) in [5.74, 6) is 0.0934. The number of rotatable bonds is 4. The number of benzene rings is 1. The first-order chi connectivity index (χ1) is 8.15. The van der Waals surface area contributed by atoms with Gasteiger partial charge in [0.15, 0.2) is 0 Å². The van der Waals surface area contributed by atoms with Gasteiger partial charge >= 0.3 is 0 Å². The minimum Gasteiger partial charge on any atom is -0.508 e. The predicted octanol–water partition coefficient (Wildman–Crippen LogP) is 2.05. The van der Waals surface area contributed by atoms with Crippen LogP contribution in [0.25, 0.3) is 0 Å². The molecule has 1 aliphatic heterocycles. The van der Waals surface area contributed by atoms with Gasteiger partial charge < -0.3 is 15.2 Å². The molecule has 2 rings (SSSR count). The van der Waals surface area contributed by atoms with Gasteiger partial charge in [-0.3, -0.25) is 0 Å². The highest BCUT2D eigenvalue weighted by atomic mass is 19.1. The van der Waals surface area contributed by atoms with E-state index in [1.807, 2.05) is 0 Å². The van der Waals surface area contributed by atoms with Gasteiger partial charge in [0, 0.05) is 25.8 Å². The number of hydrogen-bond donors (Lipinski definition) is 2. The third-order valence-corrected chi connectivity index (χ3v) is 3.21. The third kappa shape index (κ3) is 3.41. The normalized spacial score (nSPS) is 24.1. The van der Waals surface area contributed by atoms with Gasteiger partial charge in [-0.15, -0.1) is 0 Å². The van der Waals surface area contributed by atoms with Gasteiger partial charge in [0.2, 0.25) is 0 Å². The Hall–Kier alpha value is -1.13. The number of ether oxygens (including phenoxy) is 1. The molecule has 1 fully saturated rings. The molecule has 1 saturated heterocycles. The number of nitrogens with one attached hydrogen (secondary N) is 1. The van der Waals surface area contributed by atoms with Crippen LogP contribution >= 0.6 is 0 Å². The first-order valence-corrected chi connectivity index (χ1v) is 5.96. The lowest BCUT2D eigenvalue weighted by atomic mass is 10.0. The summed E-state index contributed by atoms with van der Waals surface area (Å²) in [6, 6.07) is 4.11. The molecule has 0 aromatic heterocycles. The Kier molecular flexibility index (Phi) is 3.97. The minimum atomic E-state index is -0.403. The first-order valence-electron chi connectivity index (χ1n) is 5.96. The Morgan fingerprint density at radius 3 is 2.94 bits per heavy atom. The zero-order valence-electron chi connectivity index (χ0n) is 9.95. The number of halogens is 1. The quantitative estimate of drug-likeness (QED) is 0.845. The van der Waals surface area contributed by atoms with Crippen LogP contribution in [0.2, 0.25) is 0 Å². The topological polar surface area (TPSA) is 41.5 Å². The monoisotopic (exact) mass is 239 g/mol. The molecule has 17 heavy (non-hydrogen) atoms. The number of aromatic hydroxyl groups is 1. The van der Waals surface area contributed by atoms with E-state index in [0.717, 1.165) is 31.2 Å². The van der Waals surface area contributed by atoms with Crippen LogP contribution in [-0.2, 0) is 11.3 Å². The van der Waals surface area contributed by atoms with Crippen molar-refractivity contribution in [3.63, 3.8) is 0 Å². The molecule has 0 radical (unpaired) electrons. The van der Waals surface area contributed by atoms with Crippen molar-refractivity contribution in [3.05, 3.63) is 29.6 Å². The van der Waals surface area contributed by atoms with Crippen LogP contribution in [0.5, 0.6) is 5.75 Å². The number of phenolic OH excluding ortho intramolecular Hbond substituents is 1. The Bertz CT molecular complexity index is 363. The van der Waals surface area contributed by atoms with Gasteiger partial charge in [-0.25, -0.2) is 4.39 Å². The molecule has 2 N–H and O–H groups in total. The van der Waals surface area contributed by atoms with E-state index >= 15 is 0 Å². The van der Waals surface area contributed by atoms with Gasteiger partial charge in [-0.1, -0.05) is 0 Å². The average molecular weight is 239 g/mol. The summed E-state index contributed by atoms with van der Waals surface area (Å²) in [4.78, 5) is 0. The van der Waals surface area contributed by atoms with E-state index in [4.69, 9.17) is 4.74 Å². The van der Waals surface area contributed by atoms with E-state index < -0.39 is 5.82 Å². The van der Waals surface area contributed by atoms with E-state index in [9.17, 15) is 9.50 Å². The van der Waals surface area contributed by atoms with E-state index in [1.165, 1.54) is 6.07 Å². The molecule has 0 aliphatic carbocycles. The zero-order valence-corrected chi connectivity index (χ0v) is 9.95. The molecule has 1 heterocycles. The molecule has 3 nitrogen and oxygen atoms in total. The van der Waals surface area contributed by atoms with Crippen molar-refractivity contribution in [1.29, 1.82) is 0 Å². The van der Waals surface area contributed by atoms with E-state index in [-0.39, 0.29) is 5.75 Å². The molecule has 0 saturated carbocycles. The maximum absolute atomic E-state index is 13.0. The molecular formula is C13H18FNO2. The van der Waals surface area contributed by atoms with Gasteiger partial charge in [0.1, 0.15) is 11.6 Å². The molecule has 0 amide bonds. The minimum absolute atomic E-state index is 0.0284. The Morgan fingerprint density at radius 2 is 2.29 bits per heavy atom.